The fourth-order valence-electron chi connectivity index (χ4n) is 2.37. The topological polar surface area (TPSA) is 46.5 Å². The van der Waals surface area contributed by atoms with Gasteiger partial charge in [-0.3, -0.25) is 5.43 Å². The van der Waals surface area contributed by atoms with Gasteiger partial charge in [0.1, 0.15) is 5.75 Å². The van der Waals surface area contributed by atoms with Gasteiger partial charge in [0.05, 0.1) is 18.5 Å². The third-order valence-electron chi connectivity index (χ3n) is 3.85. The molecule has 4 nitrogen and oxygen atoms in total. The third-order valence-corrected chi connectivity index (χ3v) is 4.60. The van der Waals surface area contributed by atoms with Crippen LogP contribution in [0.25, 0.3) is 11.3 Å². The van der Waals surface area contributed by atoms with Crippen molar-refractivity contribution in [3.05, 3.63) is 64.5 Å². The minimum Gasteiger partial charge on any atom is -0.494 e. The van der Waals surface area contributed by atoms with Crippen molar-refractivity contribution < 1.29 is 4.74 Å². The molecule has 0 spiro atoms. The molecule has 3 rings (SSSR count). The SMILES string of the molecule is CCOc1cccc(/C=N\Nc2nc(-c3ccc(C)c(C)c3)cs2)c1. The minimum absolute atomic E-state index is 0.652. The van der Waals surface area contributed by atoms with Gasteiger partial charge >= 0.3 is 0 Å². The van der Waals surface area contributed by atoms with E-state index in [1.54, 1.807) is 17.6 Å². The Hall–Kier alpha value is -2.66. The molecule has 1 heterocycles. The number of rotatable bonds is 6. The lowest BCUT2D eigenvalue weighted by molar-refractivity contribution is 0.340. The molecule has 1 N–H and O–H groups in total. The van der Waals surface area contributed by atoms with E-state index in [0.717, 1.165) is 27.7 Å². The number of benzene rings is 2. The first-order chi connectivity index (χ1) is 12.2. The highest BCUT2D eigenvalue weighted by Gasteiger charge is 2.05. The highest BCUT2D eigenvalue weighted by Crippen LogP contribution is 2.26. The summed E-state index contributed by atoms with van der Waals surface area (Å²) in [5.41, 5.74) is 8.62. The van der Waals surface area contributed by atoms with Gasteiger partial charge in [-0.25, -0.2) is 4.98 Å². The van der Waals surface area contributed by atoms with E-state index < -0.39 is 0 Å². The van der Waals surface area contributed by atoms with Crippen molar-refractivity contribution in [2.45, 2.75) is 20.8 Å². The average Bonchev–Trinajstić information content (AvgIpc) is 3.07. The van der Waals surface area contributed by atoms with Crippen LogP contribution in [-0.2, 0) is 0 Å². The lowest BCUT2D eigenvalue weighted by Gasteiger charge is -2.03. The summed E-state index contributed by atoms with van der Waals surface area (Å²) in [4.78, 5) is 4.60. The molecule has 0 amide bonds. The van der Waals surface area contributed by atoms with Crippen LogP contribution in [0, 0.1) is 13.8 Å². The Balaban J connectivity index is 1.67. The summed E-state index contributed by atoms with van der Waals surface area (Å²) in [7, 11) is 0. The number of aromatic nitrogens is 1. The monoisotopic (exact) mass is 351 g/mol. The number of aryl methyl sites for hydroxylation is 2. The van der Waals surface area contributed by atoms with Crippen LogP contribution in [0.15, 0.2) is 52.9 Å². The average molecular weight is 351 g/mol. The highest BCUT2D eigenvalue weighted by molar-refractivity contribution is 7.14. The predicted octanol–water partition coefficient (Wildman–Crippen LogP) is 5.27. The first-order valence-corrected chi connectivity index (χ1v) is 9.09. The maximum atomic E-state index is 5.49. The molecule has 0 radical (unpaired) electrons. The summed E-state index contributed by atoms with van der Waals surface area (Å²) in [6, 6.07) is 14.2. The Morgan fingerprint density at radius 1 is 1.16 bits per heavy atom. The second kappa shape index (κ2) is 7.94. The van der Waals surface area contributed by atoms with Crippen LogP contribution in [0.5, 0.6) is 5.75 Å². The molecule has 0 aliphatic carbocycles. The highest BCUT2D eigenvalue weighted by atomic mass is 32.1. The molecular formula is C20H21N3OS. The van der Waals surface area contributed by atoms with Crippen LogP contribution in [-0.4, -0.2) is 17.8 Å². The normalized spacial score (nSPS) is 11.0. The summed E-state index contributed by atoms with van der Waals surface area (Å²) in [6.45, 7) is 6.85. The fourth-order valence-corrected chi connectivity index (χ4v) is 3.04. The van der Waals surface area contributed by atoms with Crippen molar-refractivity contribution in [1.29, 1.82) is 0 Å². The number of hydrazone groups is 1. The molecule has 25 heavy (non-hydrogen) atoms. The van der Waals surface area contributed by atoms with Crippen LogP contribution in [0.1, 0.15) is 23.6 Å². The zero-order valence-electron chi connectivity index (χ0n) is 14.6. The molecule has 3 aromatic rings. The Bertz CT molecular complexity index is 886. The fraction of sp³-hybridized carbons (Fsp3) is 0.200. The van der Waals surface area contributed by atoms with E-state index in [2.05, 4.69) is 47.6 Å². The van der Waals surface area contributed by atoms with Gasteiger partial charge in [-0.15, -0.1) is 11.3 Å². The second-order valence-corrected chi connectivity index (χ2v) is 6.57. The van der Waals surface area contributed by atoms with E-state index in [9.17, 15) is 0 Å². The molecule has 2 aromatic carbocycles. The molecular weight excluding hydrogens is 330 g/mol. The predicted molar refractivity (Wildman–Crippen MR) is 106 cm³/mol. The Labute approximate surface area is 152 Å². The summed E-state index contributed by atoms with van der Waals surface area (Å²) in [6.07, 6.45) is 1.76. The van der Waals surface area contributed by atoms with Gasteiger partial charge in [-0.2, -0.15) is 5.10 Å². The summed E-state index contributed by atoms with van der Waals surface area (Å²) < 4.78 is 5.49. The number of nitrogens with one attached hydrogen (secondary N) is 1. The Morgan fingerprint density at radius 3 is 2.84 bits per heavy atom. The molecule has 0 bridgehead atoms. The van der Waals surface area contributed by atoms with Gasteiger partial charge in [0.15, 0.2) is 0 Å². The zero-order valence-corrected chi connectivity index (χ0v) is 15.4. The van der Waals surface area contributed by atoms with Gasteiger partial charge in [-0.05, 0) is 55.7 Å². The standard InChI is InChI=1S/C20H21N3OS/c1-4-24-18-7-5-6-16(11-18)12-21-23-20-22-19(13-25-20)17-9-8-14(2)15(3)10-17/h5-13H,4H2,1-3H3,(H,22,23)/b21-12-. The first-order valence-electron chi connectivity index (χ1n) is 8.21. The second-order valence-electron chi connectivity index (χ2n) is 5.71. The smallest absolute Gasteiger partial charge is 0.203 e. The molecule has 0 aliphatic heterocycles. The Morgan fingerprint density at radius 2 is 2.04 bits per heavy atom. The number of thiazole rings is 1. The molecule has 128 valence electrons. The summed E-state index contributed by atoms with van der Waals surface area (Å²) in [5.74, 6) is 0.845. The van der Waals surface area contributed by atoms with Crippen molar-refractivity contribution >= 4 is 22.7 Å². The van der Waals surface area contributed by atoms with Crippen LogP contribution < -0.4 is 10.2 Å². The van der Waals surface area contributed by atoms with E-state index in [4.69, 9.17) is 4.74 Å². The maximum absolute atomic E-state index is 5.49. The van der Waals surface area contributed by atoms with Crippen molar-refractivity contribution in [3.8, 4) is 17.0 Å². The van der Waals surface area contributed by atoms with Gasteiger partial charge in [-0.1, -0.05) is 24.3 Å². The lowest BCUT2D eigenvalue weighted by Crippen LogP contribution is -1.93. The van der Waals surface area contributed by atoms with Crippen molar-refractivity contribution in [2.75, 3.05) is 12.0 Å². The zero-order chi connectivity index (χ0) is 17.6. The molecule has 5 heteroatoms. The molecule has 0 unspecified atom stereocenters. The van der Waals surface area contributed by atoms with Crippen molar-refractivity contribution in [2.24, 2.45) is 5.10 Å². The van der Waals surface area contributed by atoms with Crippen LogP contribution in [0.2, 0.25) is 0 Å². The summed E-state index contributed by atoms with van der Waals surface area (Å²) >= 11 is 1.54. The van der Waals surface area contributed by atoms with E-state index in [-0.39, 0.29) is 0 Å². The molecule has 0 saturated carbocycles. The first kappa shape index (κ1) is 17.2. The lowest BCUT2D eigenvalue weighted by atomic mass is 10.1. The number of nitrogens with zero attached hydrogens (tertiary/aromatic N) is 2. The van der Waals surface area contributed by atoms with Crippen molar-refractivity contribution in [1.82, 2.24) is 4.98 Å². The molecule has 0 saturated heterocycles. The van der Waals surface area contributed by atoms with Gasteiger partial charge in [0, 0.05) is 10.9 Å². The molecule has 0 atom stereocenters. The van der Waals surface area contributed by atoms with Crippen LogP contribution in [0.3, 0.4) is 0 Å². The molecule has 1 aromatic heterocycles. The van der Waals surface area contributed by atoms with Gasteiger partial charge in [0.2, 0.25) is 5.13 Å². The molecule has 0 fully saturated rings. The molecule has 0 aliphatic rings. The largest absolute Gasteiger partial charge is 0.494 e. The van der Waals surface area contributed by atoms with E-state index in [1.807, 2.05) is 36.6 Å². The van der Waals surface area contributed by atoms with Gasteiger partial charge in [0.25, 0.3) is 0 Å². The van der Waals surface area contributed by atoms with Gasteiger partial charge < -0.3 is 4.74 Å². The number of anilines is 1. The minimum atomic E-state index is 0.652. The number of hydrogen-bond donors (Lipinski definition) is 1. The Kier molecular flexibility index (Phi) is 5.46. The van der Waals surface area contributed by atoms with E-state index >= 15 is 0 Å². The van der Waals surface area contributed by atoms with Crippen LogP contribution in [0.4, 0.5) is 5.13 Å². The number of ether oxygens (including phenoxy) is 1. The quantitative estimate of drug-likeness (QED) is 0.486. The summed E-state index contributed by atoms with van der Waals surface area (Å²) in [5, 5.41) is 7.08. The number of hydrogen-bond acceptors (Lipinski definition) is 5. The van der Waals surface area contributed by atoms with E-state index in [0.29, 0.717) is 6.61 Å². The third kappa shape index (κ3) is 4.45. The van der Waals surface area contributed by atoms with E-state index in [1.165, 1.54) is 11.1 Å². The van der Waals surface area contributed by atoms with Crippen LogP contribution >= 0.6 is 11.3 Å². The van der Waals surface area contributed by atoms with Crippen molar-refractivity contribution in [3.63, 3.8) is 0 Å². The maximum Gasteiger partial charge on any atom is 0.203 e.